The van der Waals surface area contributed by atoms with Crippen molar-refractivity contribution < 1.29 is 28.6 Å². The number of benzene rings is 2. The van der Waals surface area contributed by atoms with Crippen LogP contribution in [-0.2, 0) is 16.1 Å². The molecule has 0 radical (unpaired) electrons. The molecule has 0 aliphatic rings. The highest BCUT2D eigenvalue weighted by molar-refractivity contribution is 5.95. The lowest BCUT2D eigenvalue weighted by atomic mass is 10.1. The summed E-state index contributed by atoms with van der Waals surface area (Å²) in [7, 11) is 0. The number of hydrogen-bond acceptors (Lipinski definition) is 6. The second-order valence-corrected chi connectivity index (χ2v) is 5.62. The molecular formula is C20H21NO6. The van der Waals surface area contributed by atoms with Crippen molar-refractivity contribution in [3.63, 3.8) is 0 Å². The van der Waals surface area contributed by atoms with Gasteiger partial charge in [-0.1, -0.05) is 12.1 Å². The predicted molar refractivity (Wildman–Crippen MR) is 97.9 cm³/mol. The van der Waals surface area contributed by atoms with Crippen molar-refractivity contribution in [2.24, 2.45) is 5.73 Å². The molecule has 2 N–H and O–H groups in total. The van der Waals surface area contributed by atoms with Gasteiger partial charge in [0.05, 0.1) is 12.2 Å². The number of ketones is 1. The summed E-state index contributed by atoms with van der Waals surface area (Å²) < 4.78 is 16.0. The van der Waals surface area contributed by atoms with Gasteiger partial charge in [0.15, 0.2) is 12.4 Å². The topological polar surface area (TPSA) is 105 Å². The van der Waals surface area contributed by atoms with Crippen molar-refractivity contribution in [2.45, 2.75) is 20.5 Å². The van der Waals surface area contributed by atoms with Crippen LogP contribution < -0.4 is 15.2 Å². The van der Waals surface area contributed by atoms with Crippen LogP contribution in [0.1, 0.15) is 40.1 Å². The lowest BCUT2D eigenvalue weighted by Crippen LogP contribution is -2.18. The first-order valence-electron chi connectivity index (χ1n) is 8.36. The maximum absolute atomic E-state index is 12.0. The third-order valence-corrected chi connectivity index (χ3v) is 3.65. The first-order valence-corrected chi connectivity index (χ1v) is 8.36. The summed E-state index contributed by atoms with van der Waals surface area (Å²) >= 11 is 0. The lowest BCUT2D eigenvalue weighted by molar-refractivity contribution is -0.147. The summed E-state index contributed by atoms with van der Waals surface area (Å²) in [5.74, 6) is -0.644. The van der Waals surface area contributed by atoms with E-state index in [4.69, 9.17) is 19.9 Å². The highest BCUT2D eigenvalue weighted by Gasteiger charge is 2.13. The van der Waals surface area contributed by atoms with E-state index in [9.17, 15) is 14.4 Å². The van der Waals surface area contributed by atoms with Crippen molar-refractivity contribution in [1.29, 1.82) is 0 Å². The minimum Gasteiger partial charge on any atom is -0.493 e. The van der Waals surface area contributed by atoms with Gasteiger partial charge in [0.1, 0.15) is 18.1 Å². The van der Waals surface area contributed by atoms with Gasteiger partial charge in [0.25, 0.3) is 5.91 Å². The Hall–Kier alpha value is -3.35. The van der Waals surface area contributed by atoms with Crippen LogP contribution in [0.25, 0.3) is 0 Å². The van der Waals surface area contributed by atoms with Crippen LogP contribution in [0.5, 0.6) is 11.5 Å². The molecule has 0 unspecified atom stereocenters. The third-order valence-electron chi connectivity index (χ3n) is 3.65. The summed E-state index contributed by atoms with van der Waals surface area (Å²) in [6.45, 7) is 3.26. The molecular weight excluding hydrogens is 350 g/mol. The molecule has 0 atom stereocenters. The van der Waals surface area contributed by atoms with Crippen LogP contribution in [0.3, 0.4) is 0 Å². The second-order valence-electron chi connectivity index (χ2n) is 5.62. The van der Waals surface area contributed by atoms with E-state index in [2.05, 4.69) is 0 Å². The number of esters is 1. The van der Waals surface area contributed by atoms with Gasteiger partial charge in [-0.05, 0) is 44.2 Å². The third kappa shape index (κ3) is 5.57. The molecule has 142 valence electrons. The van der Waals surface area contributed by atoms with Gasteiger partial charge in [-0.3, -0.25) is 9.59 Å². The molecule has 2 aromatic rings. The molecule has 7 heteroatoms. The molecule has 2 rings (SSSR count). The van der Waals surface area contributed by atoms with Crippen molar-refractivity contribution in [3.8, 4) is 11.5 Å². The number of carbonyl (C=O) groups is 3. The van der Waals surface area contributed by atoms with Gasteiger partial charge in [-0.2, -0.15) is 0 Å². The fraction of sp³-hybridized carbons (Fsp3) is 0.250. The minimum atomic E-state index is -0.652. The Bertz CT molecular complexity index is 846. The summed E-state index contributed by atoms with van der Waals surface area (Å²) in [4.78, 5) is 34.9. The molecule has 7 nitrogen and oxygen atoms in total. The molecule has 0 spiro atoms. The largest absolute Gasteiger partial charge is 0.493 e. The normalized spacial score (nSPS) is 10.1. The maximum Gasteiger partial charge on any atom is 0.344 e. The standard InChI is InChI=1S/C20H21NO6/c1-3-25-17-9-8-14(13(2)22)10-15(17)11-27-19(23)12-26-18-7-5-4-6-16(18)20(21)24/h4-10H,3,11-12H2,1-2H3,(H2,21,24). The Kier molecular flexibility index (Phi) is 6.93. The minimum absolute atomic E-state index is 0.0733. The highest BCUT2D eigenvalue weighted by Crippen LogP contribution is 2.22. The Morgan fingerprint density at radius 3 is 2.41 bits per heavy atom. The fourth-order valence-electron chi connectivity index (χ4n) is 2.34. The van der Waals surface area contributed by atoms with Crippen molar-refractivity contribution in [2.75, 3.05) is 13.2 Å². The molecule has 0 aromatic heterocycles. The van der Waals surface area contributed by atoms with E-state index in [-0.39, 0.29) is 30.3 Å². The molecule has 0 bridgehead atoms. The quantitative estimate of drug-likeness (QED) is 0.536. The molecule has 2 aromatic carbocycles. The number of hydrogen-bond donors (Lipinski definition) is 1. The van der Waals surface area contributed by atoms with Gasteiger partial charge in [-0.15, -0.1) is 0 Å². The molecule has 0 saturated heterocycles. The van der Waals surface area contributed by atoms with Gasteiger partial charge < -0.3 is 19.9 Å². The van der Waals surface area contributed by atoms with E-state index in [0.717, 1.165) is 0 Å². The summed E-state index contributed by atoms with van der Waals surface area (Å²) in [5.41, 5.74) is 6.52. The number of para-hydroxylation sites is 1. The zero-order valence-electron chi connectivity index (χ0n) is 15.2. The molecule has 0 aliphatic heterocycles. The predicted octanol–water partition coefficient (Wildman–Crippen LogP) is 2.51. The molecule has 0 fully saturated rings. The molecule has 0 aliphatic carbocycles. The van der Waals surface area contributed by atoms with Crippen molar-refractivity contribution in [3.05, 3.63) is 59.2 Å². The molecule has 0 heterocycles. The van der Waals surface area contributed by atoms with Crippen LogP contribution in [0.2, 0.25) is 0 Å². The average Bonchev–Trinajstić information content (AvgIpc) is 2.65. The summed E-state index contributed by atoms with van der Waals surface area (Å²) in [5, 5.41) is 0. The summed E-state index contributed by atoms with van der Waals surface area (Å²) in [6, 6.07) is 11.3. The number of primary amides is 1. The molecule has 0 saturated carbocycles. The maximum atomic E-state index is 12.0. The Morgan fingerprint density at radius 1 is 1.00 bits per heavy atom. The Labute approximate surface area is 157 Å². The van der Waals surface area contributed by atoms with Crippen LogP contribution in [0, 0.1) is 0 Å². The van der Waals surface area contributed by atoms with Crippen molar-refractivity contribution in [1.82, 2.24) is 0 Å². The zero-order chi connectivity index (χ0) is 19.8. The van der Waals surface area contributed by atoms with Crippen LogP contribution in [-0.4, -0.2) is 30.9 Å². The number of nitrogens with two attached hydrogens (primary N) is 1. The van der Waals surface area contributed by atoms with Gasteiger partial charge in [0.2, 0.25) is 0 Å². The lowest BCUT2D eigenvalue weighted by Gasteiger charge is -2.13. The van der Waals surface area contributed by atoms with Crippen LogP contribution in [0.15, 0.2) is 42.5 Å². The zero-order valence-corrected chi connectivity index (χ0v) is 15.2. The van der Waals surface area contributed by atoms with E-state index < -0.39 is 11.9 Å². The first-order chi connectivity index (χ1) is 12.9. The van der Waals surface area contributed by atoms with E-state index in [0.29, 0.717) is 23.5 Å². The van der Waals surface area contributed by atoms with E-state index in [1.165, 1.54) is 19.1 Å². The highest BCUT2D eigenvalue weighted by atomic mass is 16.6. The first kappa shape index (κ1) is 20.0. The van der Waals surface area contributed by atoms with Crippen molar-refractivity contribution >= 4 is 17.7 Å². The van der Waals surface area contributed by atoms with Gasteiger partial charge in [0, 0.05) is 11.1 Å². The van der Waals surface area contributed by atoms with E-state index in [1.54, 1.807) is 30.3 Å². The average molecular weight is 371 g/mol. The number of amides is 1. The number of carbonyl (C=O) groups excluding carboxylic acids is 3. The monoisotopic (exact) mass is 371 g/mol. The van der Waals surface area contributed by atoms with Crippen LogP contribution >= 0.6 is 0 Å². The van der Waals surface area contributed by atoms with E-state index in [1.807, 2.05) is 6.92 Å². The smallest absolute Gasteiger partial charge is 0.344 e. The molecule has 27 heavy (non-hydrogen) atoms. The number of ether oxygens (including phenoxy) is 3. The van der Waals surface area contributed by atoms with Gasteiger partial charge in [-0.25, -0.2) is 4.79 Å². The second kappa shape index (κ2) is 9.38. The van der Waals surface area contributed by atoms with Crippen LogP contribution in [0.4, 0.5) is 0 Å². The molecule has 1 amide bonds. The number of Topliss-reactive ketones (excluding diaryl/α,β-unsaturated/α-hetero) is 1. The van der Waals surface area contributed by atoms with Gasteiger partial charge >= 0.3 is 5.97 Å². The fourth-order valence-corrected chi connectivity index (χ4v) is 2.34. The Balaban J connectivity index is 2.00. The van der Waals surface area contributed by atoms with E-state index >= 15 is 0 Å². The Morgan fingerprint density at radius 2 is 1.74 bits per heavy atom. The summed E-state index contributed by atoms with van der Waals surface area (Å²) in [6.07, 6.45) is 0. The SMILES string of the molecule is CCOc1ccc(C(C)=O)cc1COC(=O)COc1ccccc1C(N)=O. The number of rotatable bonds is 9.